The van der Waals surface area contributed by atoms with Gasteiger partial charge in [-0.1, -0.05) is 56.1 Å². The number of carbonyl (C=O) groups excluding carboxylic acids is 1. The highest BCUT2D eigenvalue weighted by Gasteiger charge is 2.33. The molecule has 3 rings (SSSR count). The fourth-order valence-electron chi connectivity index (χ4n) is 4.26. The summed E-state index contributed by atoms with van der Waals surface area (Å²) in [7, 11) is 0. The molecule has 2 aromatic rings. The molecule has 27 heavy (non-hydrogen) atoms. The third-order valence-electron chi connectivity index (χ3n) is 6.43. The summed E-state index contributed by atoms with van der Waals surface area (Å²) < 4.78 is 5.99. The summed E-state index contributed by atoms with van der Waals surface area (Å²) in [6.45, 7) is 8.52. The van der Waals surface area contributed by atoms with Crippen LogP contribution in [0.25, 0.3) is 10.8 Å². The van der Waals surface area contributed by atoms with Crippen LogP contribution in [0.2, 0.25) is 5.02 Å². The fraction of sp³-hybridized carbons (Fsp3) is 0.542. The summed E-state index contributed by atoms with van der Waals surface area (Å²) in [5.74, 6) is 1.49. The summed E-state index contributed by atoms with van der Waals surface area (Å²) in [4.78, 5) is 12.8. The minimum absolute atomic E-state index is 0.0358. The minimum atomic E-state index is -0.669. The highest BCUT2D eigenvalue weighted by Crippen LogP contribution is 2.37. The molecule has 0 radical (unpaired) electrons. The van der Waals surface area contributed by atoms with Gasteiger partial charge in [0.2, 0.25) is 0 Å². The maximum Gasteiger partial charge on any atom is 0.309 e. The number of fused-ring (bicyclic) bond motifs is 1. The standard InChI is InChI=1S/C24H31ClO2/c1-5-16(2)17-9-11-19(12-10-17)23(26)27-24(3,4)20-14-13-18-7-6-8-22(25)21(18)15-20/h6-8,13-17,19H,5,9-12H2,1-4H3. The Bertz CT molecular complexity index is 803. The molecule has 2 nitrogen and oxygen atoms in total. The molecule has 0 amide bonds. The molecule has 0 heterocycles. The third-order valence-corrected chi connectivity index (χ3v) is 6.76. The van der Waals surface area contributed by atoms with Crippen molar-refractivity contribution in [3.05, 3.63) is 47.0 Å². The van der Waals surface area contributed by atoms with Gasteiger partial charge in [0.05, 0.1) is 5.92 Å². The van der Waals surface area contributed by atoms with E-state index in [-0.39, 0.29) is 11.9 Å². The molecule has 0 spiro atoms. The normalized spacial score (nSPS) is 21.8. The average Bonchev–Trinajstić information content (AvgIpc) is 2.67. The van der Waals surface area contributed by atoms with Gasteiger partial charge in [0, 0.05) is 10.4 Å². The Hall–Kier alpha value is -1.54. The van der Waals surface area contributed by atoms with E-state index in [1.165, 1.54) is 6.42 Å². The van der Waals surface area contributed by atoms with Gasteiger partial charge in [0.15, 0.2) is 0 Å². The van der Waals surface area contributed by atoms with Crippen molar-refractivity contribution in [2.24, 2.45) is 17.8 Å². The Morgan fingerprint density at radius 1 is 1.19 bits per heavy atom. The summed E-state index contributed by atoms with van der Waals surface area (Å²) >= 11 is 6.35. The van der Waals surface area contributed by atoms with Crippen LogP contribution < -0.4 is 0 Å². The molecular formula is C24H31ClO2. The molecule has 146 valence electrons. The minimum Gasteiger partial charge on any atom is -0.455 e. The van der Waals surface area contributed by atoms with E-state index in [0.29, 0.717) is 0 Å². The zero-order chi connectivity index (χ0) is 19.6. The van der Waals surface area contributed by atoms with Gasteiger partial charge in [-0.15, -0.1) is 0 Å². The zero-order valence-electron chi connectivity index (χ0n) is 16.9. The first kappa shape index (κ1) is 20.2. The largest absolute Gasteiger partial charge is 0.455 e. The Morgan fingerprint density at radius 3 is 2.56 bits per heavy atom. The van der Waals surface area contributed by atoms with Crippen LogP contribution in [0.5, 0.6) is 0 Å². The molecule has 3 heteroatoms. The molecule has 0 aliphatic heterocycles. The molecule has 0 saturated heterocycles. The fourth-order valence-corrected chi connectivity index (χ4v) is 4.50. The second kappa shape index (κ2) is 8.22. The first-order chi connectivity index (χ1) is 12.8. The topological polar surface area (TPSA) is 26.3 Å². The Morgan fingerprint density at radius 2 is 1.89 bits per heavy atom. The predicted molar refractivity (Wildman–Crippen MR) is 113 cm³/mol. The lowest BCUT2D eigenvalue weighted by Gasteiger charge is -2.33. The van der Waals surface area contributed by atoms with Crippen LogP contribution >= 0.6 is 11.6 Å². The highest BCUT2D eigenvalue weighted by atomic mass is 35.5. The van der Waals surface area contributed by atoms with Crippen LogP contribution in [0.1, 0.15) is 65.4 Å². The van der Waals surface area contributed by atoms with Gasteiger partial charge in [0.25, 0.3) is 0 Å². The first-order valence-corrected chi connectivity index (χ1v) is 10.6. The second-order valence-corrected chi connectivity index (χ2v) is 9.01. The number of rotatable bonds is 5. The van der Waals surface area contributed by atoms with E-state index >= 15 is 0 Å². The average molecular weight is 387 g/mol. The van der Waals surface area contributed by atoms with Gasteiger partial charge in [-0.2, -0.15) is 0 Å². The van der Waals surface area contributed by atoms with E-state index in [9.17, 15) is 4.79 Å². The lowest BCUT2D eigenvalue weighted by Crippen LogP contribution is -2.32. The van der Waals surface area contributed by atoms with Crippen LogP contribution in [0.15, 0.2) is 36.4 Å². The maximum atomic E-state index is 12.8. The third kappa shape index (κ3) is 4.48. The summed E-state index contributed by atoms with van der Waals surface area (Å²) in [5, 5.41) is 2.81. The molecule has 1 fully saturated rings. The van der Waals surface area contributed by atoms with E-state index in [0.717, 1.165) is 58.9 Å². The van der Waals surface area contributed by atoms with Crippen LogP contribution in [-0.4, -0.2) is 5.97 Å². The summed E-state index contributed by atoms with van der Waals surface area (Å²) in [6, 6.07) is 12.0. The molecule has 0 N–H and O–H groups in total. The van der Waals surface area contributed by atoms with Gasteiger partial charge in [0.1, 0.15) is 5.60 Å². The quantitative estimate of drug-likeness (QED) is 0.511. The van der Waals surface area contributed by atoms with Gasteiger partial charge in [-0.25, -0.2) is 0 Å². The number of carbonyl (C=O) groups is 1. The van der Waals surface area contributed by atoms with Crippen molar-refractivity contribution in [3.8, 4) is 0 Å². The molecular weight excluding hydrogens is 356 g/mol. The molecule has 1 atom stereocenters. The summed E-state index contributed by atoms with van der Waals surface area (Å²) in [5.41, 5.74) is 0.308. The zero-order valence-corrected chi connectivity index (χ0v) is 17.7. The maximum absolute atomic E-state index is 12.8. The van der Waals surface area contributed by atoms with Crippen LogP contribution in [0.4, 0.5) is 0 Å². The Balaban J connectivity index is 1.69. The number of hydrogen-bond donors (Lipinski definition) is 0. The molecule has 1 saturated carbocycles. The van der Waals surface area contributed by atoms with Crippen LogP contribution in [-0.2, 0) is 15.1 Å². The lowest BCUT2D eigenvalue weighted by molar-refractivity contribution is -0.164. The predicted octanol–water partition coefficient (Wildman–Crippen LogP) is 7.12. The van der Waals surface area contributed by atoms with Crippen molar-refractivity contribution in [3.63, 3.8) is 0 Å². The second-order valence-electron chi connectivity index (χ2n) is 8.60. The number of ether oxygens (including phenoxy) is 1. The van der Waals surface area contributed by atoms with Crippen molar-refractivity contribution < 1.29 is 9.53 Å². The number of halogens is 1. The summed E-state index contributed by atoms with van der Waals surface area (Å²) in [6.07, 6.45) is 5.40. The van der Waals surface area contributed by atoms with Gasteiger partial charge < -0.3 is 4.74 Å². The van der Waals surface area contributed by atoms with Crippen molar-refractivity contribution in [1.82, 2.24) is 0 Å². The van der Waals surface area contributed by atoms with Crippen molar-refractivity contribution >= 4 is 28.3 Å². The van der Waals surface area contributed by atoms with Gasteiger partial charge in [-0.3, -0.25) is 4.79 Å². The molecule has 1 aliphatic rings. The van der Waals surface area contributed by atoms with Crippen molar-refractivity contribution in [2.75, 3.05) is 0 Å². The van der Waals surface area contributed by atoms with E-state index < -0.39 is 5.60 Å². The molecule has 2 aromatic carbocycles. The van der Waals surface area contributed by atoms with Crippen LogP contribution in [0, 0.1) is 17.8 Å². The molecule has 1 unspecified atom stereocenters. The Labute approximate surface area is 168 Å². The van der Waals surface area contributed by atoms with Crippen LogP contribution in [0.3, 0.4) is 0 Å². The van der Waals surface area contributed by atoms with Gasteiger partial charge >= 0.3 is 5.97 Å². The van der Waals surface area contributed by atoms with Crippen molar-refractivity contribution in [2.45, 2.75) is 65.4 Å². The first-order valence-electron chi connectivity index (χ1n) is 10.2. The van der Waals surface area contributed by atoms with E-state index in [2.05, 4.69) is 13.8 Å². The number of esters is 1. The number of hydrogen-bond acceptors (Lipinski definition) is 2. The number of benzene rings is 2. The lowest BCUT2D eigenvalue weighted by atomic mass is 9.75. The van der Waals surface area contributed by atoms with E-state index in [1.807, 2.05) is 50.2 Å². The smallest absolute Gasteiger partial charge is 0.309 e. The molecule has 0 bridgehead atoms. The Kier molecular flexibility index (Phi) is 6.15. The molecule has 0 aromatic heterocycles. The van der Waals surface area contributed by atoms with E-state index in [4.69, 9.17) is 16.3 Å². The molecule has 1 aliphatic carbocycles. The van der Waals surface area contributed by atoms with E-state index in [1.54, 1.807) is 0 Å². The van der Waals surface area contributed by atoms with Gasteiger partial charge in [-0.05, 0) is 74.4 Å². The highest BCUT2D eigenvalue weighted by molar-refractivity contribution is 6.35. The monoisotopic (exact) mass is 386 g/mol. The van der Waals surface area contributed by atoms with Crippen molar-refractivity contribution in [1.29, 1.82) is 0 Å². The SMILES string of the molecule is CCC(C)C1CCC(C(=O)OC(C)(C)c2ccc3cccc(Cl)c3c2)CC1.